The zero-order valence-corrected chi connectivity index (χ0v) is 11.9. The van der Waals surface area contributed by atoms with Crippen LogP contribution in [0.2, 0.25) is 0 Å². The summed E-state index contributed by atoms with van der Waals surface area (Å²) in [7, 11) is -3.08. The predicted molar refractivity (Wildman–Crippen MR) is 77.0 cm³/mol. The molecule has 1 aliphatic heterocycles. The number of rotatable bonds is 2. The van der Waals surface area contributed by atoms with Crippen molar-refractivity contribution in [3.8, 4) is 0 Å². The van der Waals surface area contributed by atoms with Gasteiger partial charge in [0, 0.05) is 11.4 Å². The summed E-state index contributed by atoms with van der Waals surface area (Å²) in [5.41, 5.74) is -0.437. The van der Waals surface area contributed by atoms with Crippen LogP contribution in [0.25, 0.3) is 11.0 Å². The molecule has 1 aromatic carbocycles. The van der Waals surface area contributed by atoms with Crippen molar-refractivity contribution in [1.82, 2.24) is 5.32 Å². The van der Waals surface area contributed by atoms with E-state index in [0.717, 1.165) is 0 Å². The first-order valence-corrected chi connectivity index (χ1v) is 8.31. The summed E-state index contributed by atoms with van der Waals surface area (Å²) in [5, 5.41) is 3.22. The SMILES string of the molecule is O=C(N[C@@H]1CCS(=O)(=O)C1)c1cc2ccccc2oc1=O. The second-order valence-electron chi connectivity index (χ2n) is 5.06. The number of hydrogen-bond acceptors (Lipinski definition) is 5. The van der Waals surface area contributed by atoms with Gasteiger partial charge < -0.3 is 9.73 Å². The first-order valence-electron chi connectivity index (χ1n) is 6.49. The van der Waals surface area contributed by atoms with Crippen molar-refractivity contribution in [2.75, 3.05) is 11.5 Å². The zero-order chi connectivity index (χ0) is 15.0. The van der Waals surface area contributed by atoms with Gasteiger partial charge in [-0.2, -0.15) is 0 Å². The van der Waals surface area contributed by atoms with Crippen molar-refractivity contribution in [2.24, 2.45) is 0 Å². The smallest absolute Gasteiger partial charge is 0.349 e. The van der Waals surface area contributed by atoms with E-state index in [1.807, 2.05) is 0 Å². The van der Waals surface area contributed by atoms with Crippen LogP contribution in [0.15, 0.2) is 39.5 Å². The molecule has 2 aromatic rings. The third kappa shape index (κ3) is 2.82. The van der Waals surface area contributed by atoms with E-state index in [0.29, 0.717) is 17.4 Å². The van der Waals surface area contributed by atoms with Gasteiger partial charge in [-0.15, -0.1) is 0 Å². The van der Waals surface area contributed by atoms with Crippen LogP contribution < -0.4 is 10.9 Å². The van der Waals surface area contributed by atoms with Crippen molar-refractivity contribution in [3.05, 3.63) is 46.3 Å². The number of hydrogen-bond donors (Lipinski definition) is 1. The quantitative estimate of drug-likeness (QED) is 0.825. The summed E-state index contributed by atoms with van der Waals surface area (Å²) in [5.74, 6) is -0.626. The molecule has 1 aliphatic rings. The van der Waals surface area contributed by atoms with Gasteiger partial charge in [0.15, 0.2) is 9.84 Å². The molecule has 6 nitrogen and oxygen atoms in total. The summed E-state index contributed by atoms with van der Waals surface area (Å²) < 4.78 is 27.8. The molecule has 0 saturated carbocycles. The Morgan fingerprint density at radius 1 is 1.29 bits per heavy atom. The van der Waals surface area contributed by atoms with Gasteiger partial charge >= 0.3 is 5.63 Å². The average molecular weight is 307 g/mol. The van der Waals surface area contributed by atoms with Gasteiger partial charge in [0.25, 0.3) is 5.91 Å². The molecule has 1 atom stereocenters. The average Bonchev–Trinajstić information content (AvgIpc) is 2.77. The molecule has 1 saturated heterocycles. The maximum atomic E-state index is 12.1. The summed E-state index contributed by atoms with van der Waals surface area (Å²) in [6.45, 7) is 0. The fourth-order valence-electron chi connectivity index (χ4n) is 2.39. The minimum Gasteiger partial charge on any atom is -0.422 e. The highest BCUT2D eigenvalue weighted by atomic mass is 32.2. The van der Waals surface area contributed by atoms with E-state index < -0.39 is 27.4 Å². The number of fused-ring (bicyclic) bond motifs is 1. The lowest BCUT2D eigenvalue weighted by Gasteiger charge is -2.10. The molecule has 1 amide bonds. The normalized spacial score (nSPS) is 20.5. The van der Waals surface area contributed by atoms with Gasteiger partial charge in [-0.25, -0.2) is 13.2 Å². The van der Waals surface area contributed by atoms with E-state index in [2.05, 4.69) is 5.32 Å². The van der Waals surface area contributed by atoms with E-state index in [1.165, 1.54) is 6.07 Å². The Morgan fingerprint density at radius 3 is 2.76 bits per heavy atom. The molecule has 21 heavy (non-hydrogen) atoms. The third-order valence-electron chi connectivity index (χ3n) is 3.45. The molecule has 0 bridgehead atoms. The van der Waals surface area contributed by atoms with Gasteiger partial charge in [-0.1, -0.05) is 18.2 Å². The van der Waals surface area contributed by atoms with Crippen LogP contribution in [-0.4, -0.2) is 31.9 Å². The van der Waals surface area contributed by atoms with E-state index in [4.69, 9.17) is 4.42 Å². The molecule has 0 radical (unpaired) electrons. The number of carbonyl (C=O) groups excluding carboxylic acids is 1. The summed E-state index contributed by atoms with van der Waals surface area (Å²) in [6, 6.07) is 7.88. The molecule has 1 aromatic heterocycles. The molecule has 1 N–H and O–H groups in total. The minimum absolute atomic E-state index is 0.0598. The molecule has 0 spiro atoms. The van der Waals surface area contributed by atoms with E-state index in [-0.39, 0.29) is 17.1 Å². The second-order valence-corrected chi connectivity index (χ2v) is 7.29. The van der Waals surface area contributed by atoms with Crippen LogP contribution in [0.1, 0.15) is 16.8 Å². The third-order valence-corrected chi connectivity index (χ3v) is 5.22. The van der Waals surface area contributed by atoms with E-state index in [9.17, 15) is 18.0 Å². The highest BCUT2D eigenvalue weighted by molar-refractivity contribution is 7.91. The Labute approximate surface area is 120 Å². The standard InChI is InChI=1S/C14H13NO5S/c16-13(15-10-5-6-21(18,19)8-10)11-7-9-3-1-2-4-12(9)20-14(11)17/h1-4,7,10H,5-6,8H2,(H,15,16)/t10-/m1/s1. The maximum Gasteiger partial charge on any atom is 0.349 e. The Hall–Kier alpha value is -2.15. The van der Waals surface area contributed by atoms with E-state index in [1.54, 1.807) is 24.3 Å². The van der Waals surface area contributed by atoms with Gasteiger partial charge in [-0.05, 0) is 18.6 Å². The lowest BCUT2D eigenvalue weighted by molar-refractivity contribution is 0.0937. The van der Waals surface area contributed by atoms with Crippen LogP contribution in [-0.2, 0) is 9.84 Å². The molecule has 0 unspecified atom stereocenters. The molecular weight excluding hydrogens is 294 g/mol. The highest BCUT2D eigenvalue weighted by Crippen LogP contribution is 2.14. The molecule has 0 aliphatic carbocycles. The Morgan fingerprint density at radius 2 is 2.05 bits per heavy atom. The Balaban J connectivity index is 1.88. The van der Waals surface area contributed by atoms with Crippen molar-refractivity contribution in [1.29, 1.82) is 0 Å². The van der Waals surface area contributed by atoms with E-state index >= 15 is 0 Å². The number of amides is 1. The summed E-state index contributed by atoms with van der Waals surface area (Å²) >= 11 is 0. The predicted octanol–water partition coefficient (Wildman–Crippen LogP) is 0.710. The number of para-hydroxylation sites is 1. The largest absolute Gasteiger partial charge is 0.422 e. The molecule has 2 heterocycles. The Bertz CT molecular complexity index is 868. The fourth-order valence-corrected chi connectivity index (χ4v) is 4.07. The molecular formula is C14H13NO5S. The van der Waals surface area contributed by atoms with Crippen LogP contribution >= 0.6 is 0 Å². The van der Waals surface area contributed by atoms with Crippen LogP contribution in [0.3, 0.4) is 0 Å². The number of carbonyl (C=O) groups is 1. The topological polar surface area (TPSA) is 93.4 Å². The fraction of sp³-hybridized carbons (Fsp3) is 0.286. The van der Waals surface area contributed by atoms with Crippen LogP contribution in [0.4, 0.5) is 0 Å². The highest BCUT2D eigenvalue weighted by Gasteiger charge is 2.29. The molecule has 110 valence electrons. The van der Waals surface area contributed by atoms with Crippen LogP contribution in [0, 0.1) is 0 Å². The second kappa shape index (κ2) is 5.00. The lowest BCUT2D eigenvalue weighted by atomic mass is 10.1. The van der Waals surface area contributed by atoms with Gasteiger partial charge in [0.1, 0.15) is 11.1 Å². The van der Waals surface area contributed by atoms with Gasteiger partial charge in [0.2, 0.25) is 0 Å². The number of sulfone groups is 1. The number of nitrogens with one attached hydrogen (secondary N) is 1. The lowest BCUT2D eigenvalue weighted by Crippen LogP contribution is -2.37. The zero-order valence-electron chi connectivity index (χ0n) is 11.0. The van der Waals surface area contributed by atoms with Crippen LogP contribution in [0.5, 0.6) is 0 Å². The Kier molecular flexibility index (Phi) is 3.29. The van der Waals surface area contributed by atoms with Crippen molar-refractivity contribution in [2.45, 2.75) is 12.5 Å². The minimum atomic E-state index is -3.08. The summed E-state index contributed by atoms with van der Waals surface area (Å²) in [6.07, 6.45) is 0.368. The summed E-state index contributed by atoms with van der Waals surface area (Å²) in [4.78, 5) is 23.9. The molecule has 3 rings (SSSR count). The molecule has 7 heteroatoms. The van der Waals surface area contributed by atoms with Crippen molar-refractivity contribution < 1.29 is 17.6 Å². The van der Waals surface area contributed by atoms with Gasteiger partial charge in [-0.3, -0.25) is 4.79 Å². The number of benzene rings is 1. The van der Waals surface area contributed by atoms with Crippen molar-refractivity contribution >= 4 is 26.7 Å². The van der Waals surface area contributed by atoms with Gasteiger partial charge in [0.05, 0.1) is 11.5 Å². The monoisotopic (exact) mass is 307 g/mol. The maximum absolute atomic E-state index is 12.1. The van der Waals surface area contributed by atoms with Crippen molar-refractivity contribution in [3.63, 3.8) is 0 Å². The molecule has 1 fully saturated rings. The first kappa shape index (κ1) is 13.8. The first-order chi connectivity index (χ1) is 9.94.